The zero-order chi connectivity index (χ0) is 14.9. The second-order valence-corrected chi connectivity index (χ2v) is 5.77. The topological polar surface area (TPSA) is 38.3 Å². The predicted molar refractivity (Wildman–Crippen MR) is 79.8 cm³/mol. The van der Waals surface area contributed by atoms with Gasteiger partial charge >= 0.3 is 0 Å². The minimum atomic E-state index is -0.306. The number of rotatable bonds is 2. The minimum absolute atomic E-state index is 0.157. The van der Waals surface area contributed by atoms with Crippen LogP contribution in [0, 0.1) is 5.82 Å². The van der Waals surface area contributed by atoms with E-state index in [1.807, 2.05) is 13.0 Å². The molecule has 0 atom stereocenters. The summed E-state index contributed by atoms with van der Waals surface area (Å²) in [5.74, 6) is -0.463. The number of nitrogens with one attached hydrogen (secondary N) is 1. The molecule has 0 radical (unpaired) electrons. The first kappa shape index (κ1) is 14.0. The Balaban J connectivity index is 1.93. The fourth-order valence-electron chi connectivity index (χ4n) is 2.75. The van der Waals surface area contributed by atoms with Crippen LogP contribution >= 0.6 is 0 Å². The number of hydrogen-bond donors (Lipinski definition) is 1. The molecule has 1 fully saturated rings. The van der Waals surface area contributed by atoms with E-state index in [-0.39, 0.29) is 17.3 Å². The van der Waals surface area contributed by atoms with Crippen molar-refractivity contribution in [2.24, 2.45) is 0 Å². The quantitative estimate of drug-likeness (QED) is 0.920. The van der Waals surface area contributed by atoms with Gasteiger partial charge in [-0.25, -0.2) is 4.39 Å². The van der Waals surface area contributed by atoms with Crippen LogP contribution in [0.2, 0.25) is 0 Å². The number of carbonyl (C=O) groups excluding carboxylic acids is 1. The Morgan fingerprint density at radius 3 is 2.52 bits per heavy atom. The summed E-state index contributed by atoms with van der Waals surface area (Å²) in [5, 5.41) is 4.20. The molecule has 0 unspecified atom stereocenters. The molecule has 0 bridgehead atoms. The van der Waals surface area contributed by atoms with Crippen LogP contribution < -0.4 is 5.32 Å². The van der Waals surface area contributed by atoms with Gasteiger partial charge in [-0.3, -0.25) is 4.79 Å². The molecule has 0 aromatic heterocycles. The molecule has 21 heavy (non-hydrogen) atoms. The molecular formula is C17H18FNO2. The molecular weight excluding hydrogens is 269 g/mol. The first-order valence-electron chi connectivity index (χ1n) is 7.17. The summed E-state index contributed by atoms with van der Waals surface area (Å²) in [7, 11) is 0. The molecule has 0 spiro atoms. The van der Waals surface area contributed by atoms with Crippen molar-refractivity contribution in [1.82, 2.24) is 5.32 Å². The van der Waals surface area contributed by atoms with Crippen molar-refractivity contribution in [3.8, 4) is 0 Å². The number of carbonyl (C=O) groups is 1. The number of fused-ring (bicyclic) bond motifs is 1. The molecule has 3 rings (SSSR count). The van der Waals surface area contributed by atoms with Crippen molar-refractivity contribution < 1.29 is 13.9 Å². The zero-order valence-electron chi connectivity index (χ0n) is 12.0. The summed E-state index contributed by atoms with van der Waals surface area (Å²) in [5.41, 5.74) is 0.255. The Bertz CT molecular complexity index is 678. The molecule has 0 saturated carbocycles. The second-order valence-electron chi connectivity index (χ2n) is 5.77. The summed E-state index contributed by atoms with van der Waals surface area (Å²) in [6.45, 7) is 3.33. The lowest BCUT2D eigenvalue weighted by atomic mass is 9.91. The molecule has 1 amide bonds. The van der Waals surface area contributed by atoms with Gasteiger partial charge < -0.3 is 10.1 Å². The molecule has 0 aliphatic carbocycles. The molecule has 1 N–H and O–H groups in total. The average Bonchev–Trinajstić information content (AvgIpc) is 2.48. The zero-order valence-corrected chi connectivity index (χ0v) is 12.0. The molecule has 2 aromatic carbocycles. The van der Waals surface area contributed by atoms with Crippen LogP contribution in [0.15, 0.2) is 36.4 Å². The molecule has 1 aliphatic heterocycles. The van der Waals surface area contributed by atoms with E-state index in [0.29, 0.717) is 29.5 Å². The van der Waals surface area contributed by atoms with E-state index in [1.165, 1.54) is 6.07 Å². The summed E-state index contributed by atoms with van der Waals surface area (Å²) >= 11 is 0. The highest BCUT2D eigenvalue weighted by Gasteiger charge is 2.29. The maximum Gasteiger partial charge on any atom is 0.252 e. The molecule has 1 saturated heterocycles. The van der Waals surface area contributed by atoms with Gasteiger partial charge in [0.1, 0.15) is 5.82 Å². The first-order chi connectivity index (χ1) is 10.1. The maximum atomic E-state index is 13.8. The Hall–Kier alpha value is -1.94. The van der Waals surface area contributed by atoms with E-state index in [1.54, 1.807) is 24.3 Å². The predicted octanol–water partition coefficient (Wildman–Crippen LogP) is 3.28. The maximum absolute atomic E-state index is 13.8. The Labute approximate surface area is 123 Å². The highest BCUT2D eigenvalue weighted by molar-refractivity contribution is 6.07. The van der Waals surface area contributed by atoms with E-state index < -0.39 is 0 Å². The van der Waals surface area contributed by atoms with Crippen LogP contribution in [0.5, 0.6) is 0 Å². The number of hydrogen-bond acceptors (Lipinski definition) is 2. The highest BCUT2D eigenvalue weighted by atomic mass is 19.1. The van der Waals surface area contributed by atoms with Gasteiger partial charge in [0.25, 0.3) is 5.91 Å². The number of ether oxygens (including phenoxy) is 1. The molecule has 1 heterocycles. The Morgan fingerprint density at radius 2 is 1.81 bits per heavy atom. The summed E-state index contributed by atoms with van der Waals surface area (Å²) < 4.78 is 19.2. The Morgan fingerprint density at radius 1 is 1.14 bits per heavy atom. The van der Waals surface area contributed by atoms with Crippen LogP contribution in [0.1, 0.15) is 30.1 Å². The van der Waals surface area contributed by atoms with Crippen molar-refractivity contribution in [2.75, 3.05) is 13.2 Å². The van der Waals surface area contributed by atoms with Crippen molar-refractivity contribution in [2.45, 2.75) is 25.3 Å². The van der Waals surface area contributed by atoms with Gasteiger partial charge in [-0.2, -0.15) is 0 Å². The largest absolute Gasteiger partial charge is 0.381 e. The van der Waals surface area contributed by atoms with Gasteiger partial charge in [-0.1, -0.05) is 24.3 Å². The van der Waals surface area contributed by atoms with Gasteiger partial charge in [0.05, 0.1) is 0 Å². The van der Waals surface area contributed by atoms with Crippen LogP contribution in [0.4, 0.5) is 4.39 Å². The van der Waals surface area contributed by atoms with E-state index in [4.69, 9.17) is 4.74 Å². The smallest absolute Gasteiger partial charge is 0.252 e. The monoisotopic (exact) mass is 287 g/mol. The number of benzene rings is 2. The lowest BCUT2D eigenvalue weighted by Gasteiger charge is -2.34. The second kappa shape index (κ2) is 5.45. The number of halogens is 1. The first-order valence-corrected chi connectivity index (χ1v) is 7.17. The van der Waals surface area contributed by atoms with Gasteiger partial charge in [0.15, 0.2) is 0 Å². The van der Waals surface area contributed by atoms with Crippen molar-refractivity contribution >= 4 is 16.7 Å². The molecule has 3 nitrogen and oxygen atoms in total. The van der Waals surface area contributed by atoms with E-state index in [9.17, 15) is 9.18 Å². The standard InChI is InChI=1S/C17H18FNO2/c1-17(8-10-21-11-9-17)19-16(20)14-6-7-15(18)13-5-3-2-4-12(13)14/h2-7H,8-11H2,1H3,(H,19,20). The fourth-order valence-corrected chi connectivity index (χ4v) is 2.75. The molecule has 4 heteroatoms. The van der Waals surface area contributed by atoms with Crippen LogP contribution in [0.3, 0.4) is 0 Å². The third kappa shape index (κ3) is 2.76. The average molecular weight is 287 g/mol. The molecule has 1 aliphatic rings. The molecule has 110 valence electrons. The van der Waals surface area contributed by atoms with E-state index in [2.05, 4.69) is 5.32 Å². The van der Waals surface area contributed by atoms with Gasteiger partial charge in [-0.05, 0) is 37.3 Å². The van der Waals surface area contributed by atoms with Crippen LogP contribution in [0.25, 0.3) is 10.8 Å². The lowest BCUT2D eigenvalue weighted by molar-refractivity contribution is 0.0423. The highest BCUT2D eigenvalue weighted by Crippen LogP contribution is 2.24. The van der Waals surface area contributed by atoms with Crippen molar-refractivity contribution in [3.63, 3.8) is 0 Å². The van der Waals surface area contributed by atoms with Crippen LogP contribution in [-0.4, -0.2) is 24.7 Å². The number of amides is 1. The summed E-state index contributed by atoms with van der Waals surface area (Å²) in [6, 6.07) is 9.96. The van der Waals surface area contributed by atoms with Gasteiger partial charge in [-0.15, -0.1) is 0 Å². The van der Waals surface area contributed by atoms with Gasteiger partial charge in [0, 0.05) is 29.7 Å². The van der Waals surface area contributed by atoms with Crippen molar-refractivity contribution in [3.05, 3.63) is 47.8 Å². The fraction of sp³-hybridized carbons (Fsp3) is 0.353. The SMILES string of the molecule is CC1(NC(=O)c2ccc(F)c3ccccc23)CCOCC1. The normalized spacial score (nSPS) is 17.6. The lowest BCUT2D eigenvalue weighted by Crippen LogP contribution is -2.49. The molecule has 2 aromatic rings. The van der Waals surface area contributed by atoms with E-state index in [0.717, 1.165) is 12.8 Å². The summed E-state index contributed by atoms with van der Waals surface area (Å²) in [4.78, 5) is 12.6. The van der Waals surface area contributed by atoms with E-state index >= 15 is 0 Å². The van der Waals surface area contributed by atoms with Crippen LogP contribution in [-0.2, 0) is 4.74 Å². The third-order valence-corrected chi connectivity index (χ3v) is 4.13. The summed E-state index contributed by atoms with van der Waals surface area (Å²) in [6.07, 6.45) is 1.58. The van der Waals surface area contributed by atoms with Gasteiger partial charge in [0.2, 0.25) is 0 Å². The third-order valence-electron chi connectivity index (χ3n) is 4.13. The minimum Gasteiger partial charge on any atom is -0.381 e. The van der Waals surface area contributed by atoms with Crippen molar-refractivity contribution in [1.29, 1.82) is 0 Å². The Kier molecular flexibility index (Phi) is 3.64.